The summed E-state index contributed by atoms with van der Waals surface area (Å²) in [6, 6.07) is 7.33. The number of ether oxygens (including phenoxy) is 1. The molecule has 0 bridgehead atoms. The molecule has 1 aliphatic rings. The first-order valence-electron chi connectivity index (χ1n) is 6.89. The Balaban J connectivity index is 2.03. The molecule has 1 aromatic rings. The van der Waals surface area contributed by atoms with E-state index in [0.717, 1.165) is 31.5 Å². The molecule has 0 amide bonds. The molecular weight excluding hydrogens is 276 g/mol. The van der Waals surface area contributed by atoms with E-state index in [1.807, 2.05) is 18.2 Å². The summed E-state index contributed by atoms with van der Waals surface area (Å²) in [5.74, 6) is 0.430. The average Bonchev–Trinajstić information content (AvgIpc) is 2.41. The first-order chi connectivity index (χ1) is 9.61. The molecule has 0 aliphatic carbocycles. The van der Waals surface area contributed by atoms with Crippen molar-refractivity contribution in [2.45, 2.75) is 19.4 Å². The van der Waals surface area contributed by atoms with Crippen molar-refractivity contribution in [2.24, 2.45) is 5.92 Å². The van der Waals surface area contributed by atoms with Crippen molar-refractivity contribution in [3.8, 4) is 0 Å². The van der Waals surface area contributed by atoms with Gasteiger partial charge < -0.3 is 10.1 Å². The van der Waals surface area contributed by atoms with Gasteiger partial charge in [-0.2, -0.15) is 0 Å². The van der Waals surface area contributed by atoms with Crippen LogP contribution in [0.2, 0.25) is 0 Å². The number of sulfonamides is 1. The molecule has 0 atom stereocenters. The summed E-state index contributed by atoms with van der Waals surface area (Å²) in [4.78, 5) is 0. The monoisotopic (exact) mass is 298 g/mol. The first-order valence-corrected chi connectivity index (χ1v) is 8.54. The molecule has 0 unspecified atom stereocenters. The first kappa shape index (κ1) is 15.3. The smallest absolute Gasteiger partial charge is 0.233 e. The summed E-state index contributed by atoms with van der Waals surface area (Å²) in [6.07, 6.45) is 1.83. The van der Waals surface area contributed by atoms with Crippen LogP contribution in [-0.2, 0) is 21.4 Å². The summed E-state index contributed by atoms with van der Waals surface area (Å²) in [7, 11) is -1.71. The maximum Gasteiger partial charge on any atom is 0.233 e. The molecule has 20 heavy (non-hydrogen) atoms. The minimum absolute atomic E-state index is 0.190. The van der Waals surface area contributed by atoms with E-state index in [1.54, 1.807) is 13.2 Å². The summed E-state index contributed by atoms with van der Waals surface area (Å²) in [6.45, 7) is 2.20. The zero-order valence-electron chi connectivity index (χ0n) is 11.8. The molecule has 2 N–H and O–H groups in total. The zero-order chi connectivity index (χ0) is 14.4. The number of methoxy groups -OCH3 is 1. The number of benzene rings is 1. The molecule has 6 heteroatoms. The molecule has 0 spiro atoms. The number of anilines is 1. The lowest BCUT2D eigenvalue weighted by Crippen LogP contribution is -2.33. The van der Waals surface area contributed by atoms with Crippen LogP contribution in [0.3, 0.4) is 0 Å². The Hall–Kier alpha value is -1.11. The Morgan fingerprint density at radius 2 is 2.00 bits per heavy atom. The van der Waals surface area contributed by atoms with E-state index in [0.29, 0.717) is 12.3 Å². The van der Waals surface area contributed by atoms with Crippen molar-refractivity contribution in [2.75, 3.05) is 30.7 Å². The molecule has 5 nitrogen and oxygen atoms in total. The van der Waals surface area contributed by atoms with Crippen LogP contribution in [0.5, 0.6) is 0 Å². The number of hydrogen-bond acceptors (Lipinski definition) is 4. The lowest BCUT2D eigenvalue weighted by Gasteiger charge is -2.23. The normalized spacial score (nSPS) is 17.1. The molecule has 1 fully saturated rings. The zero-order valence-corrected chi connectivity index (χ0v) is 12.6. The topological polar surface area (TPSA) is 67.4 Å². The standard InChI is InChI=1S/C14H22N2O3S/c1-19-10-13-4-2-3-5-14(13)16-20(17,18)11-12-6-8-15-9-7-12/h2-5,12,15-16H,6-11H2,1H3. The van der Waals surface area contributed by atoms with Gasteiger partial charge in [-0.25, -0.2) is 8.42 Å². The van der Waals surface area contributed by atoms with Gasteiger partial charge in [0.05, 0.1) is 18.0 Å². The van der Waals surface area contributed by atoms with Crippen LogP contribution in [0.1, 0.15) is 18.4 Å². The molecule has 2 rings (SSSR count). The summed E-state index contributed by atoms with van der Waals surface area (Å²) < 4.78 is 32.3. The van der Waals surface area contributed by atoms with Crippen LogP contribution < -0.4 is 10.0 Å². The van der Waals surface area contributed by atoms with E-state index >= 15 is 0 Å². The highest BCUT2D eigenvalue weighted by Crippen LogP contribution is 2.20. The Labute approximate surface area is 120 Å². The largest absolute Gasteiger partial charge is 0.380 e. The fraction of sp³-hybridized carbons (Fsp3) is 0.571. The second-order valence-electron chi connectivity index (χ2n) is 5.17. The maximum atomic E-state index is 12.3. The number of hydrogen-bond donors (Lipinski definition) is 2. The van der Waals surface area contributed by atoms with Crippen molar-refractivity contribution < 1.29 is 13.2 Å². The van der Waals surface area contributed by atoms with Gasteiger partial charge in [-0.3, -0.25) is 4.72 Å². The van der Waals surface area contributed by atoms with Crippen molar-refractivity contribution in [3.05, 3.63) is 29.8 Å². The molecule has 1 saturated heterocycles. The van der Waals surface area contributed by atoms with E-state index in [-0.39, 0.29) is 11.7 Å². The van der Waals surface area contributed by atoms with Gasteiger partial charge in [-0.15, -0.1) is 0 Å². The molecule has 1 heterocycles. The number of rotatable bonds is 6. The van der Waals surface area contributed by atoms with Gasteiger partial charge in [0.1, 0.15) is 0 Å². The van der Waals surface area contributed by atoms with Gasteiger partial charge in [-0.1, -0.05) is 18.2 Å². The third kappa shape index (κ3) is 4.47. The molecular formula is C14H22N2O3S. The van der Waals surface area contributed by atoms with Crippen LogP contribution in [0.4, 0.5) is 5.69 Å². The van der Waals surface area contributed by atoms with Gasteiger partial charge in [0.25, 0.3) is 0 Å². The summed E-state index contributed by atoms with van der Waals surface area (Å²) >= 11 is 0. The molecule has 112 valence electrons. The molecule has 0 saturated carbocycles. The van der Waals surface area contributed by atoms with E-state index in [4.69, 9.17) is 4.74 Å². The fourth-order valence-corrected chi connectivity index (χ4v) is 4.04. The van der Waals surface area contributed by atoms with E-state index in [9.17, 15) is 8.42 Å². The van der Waals surface area contributed by atoms with Gasteiger partial charge in [0.2, 0.25) is 10.0 Å². The number of nitrogens with one attached hydrogen (secondary N) is 2. The minimum atomic E-state index is -3.31. The van der Waals surface area contributed by atoms with E-state index in [2.05, 4.69) is 10.0 Å². The van der Waals surface area contributed by atoms with Crippen molar-refractivity contribution in [1.29, 1.82) is 0 Å². The Morgan fingerprint density at radius 1 is 1.30 bits per heavy atom. The Morgan fingerprint density at radius 3 is 2.70 bits per heavy atom. The minimum Gasteiger partial charge on any atom is -0.380 e. The average molecular weight is 298 g/mol. The van der Waals surface area contributed by atoms with E-state index in [1.165, 1.54) is 0 Å². The van der Waals surface area contributed by atoms with Crippen LogP contribution in [-0.4, -0.2) is 34.4 Å². The number of para-hydroxylation sites is 1. The second-order valence-corrected chi connectivity index (χ2v) is 6.93. The third-order valence-electron chi connectivity index (χ3n) is 3.50. The maximum absolute atomic E-state index is 12.3. The third-order valence-corrected chi connectivity index (χ3v) is 4.94. The van der Waals surface area contributed by atoms with Gasteiger partial charge >= 0.3 is 0 Å². The quantitative estimate of drug-likeness (QED) is 0.836. The SMILES string of the molecule is COCc1ccccc1NS(=O)(=O)CC1CCNCC1. The van der Waals surface area contributed by atoms with Crippen molar-refractivity contribution >= 4 is 15.7 Å². The van der Waals surface area contributed by atoms with Crippen LogP contribution in [0.25, 0.3) is 0 Å². The fourth-order valence-electron chi connectivity index (χ4n) is 2.47. The Bertz CT molecular complexity index is 525. The highest BCUT2D eigenvalue weighted by atomic mass is 32.2. The molecule has 0 aromatic heterocycles. The molecule has 1 aliphatic heterocycles. The van der Waals surface area contributed by atoms with Gasteiger partial charge in [0.15, 0.2) is 0 Å². The van der Waals surface area contributed by atoms with Crippen LogP contribution in [0, 0.1) is 5.92 Å². The lowest BCUT2D eigenvalue weighted by molar-refractivity contribution is 0.185. The lowest BCUT2D eigenvalue weighted by atomic mass is 10.0. The summed E-state index contributed by atoms with van der Waals surface area (Å²) in [5, 5.41) is 3.24. The second kappa shape index (κ2) is 7.06. The molecule has 0 radical (unpaired) electrons. The predicted molar refractivity (Wildman–Crippen MR) is 80.2 cm³/mol. The summed E-state index contributed by atoms with van der Waals surface area (Å²) in [5.41, 5.74) is 1.46. The predicted octanol–water partition coefficient (Wildman–Crippen LogP) is 1.57. The Kier molecular flexibility index (Phi) is 5.39. The highest BCUT2D eigenvalue weighted by Gasteiger charge is 2.21. The molecule has 1 aromatic carbocycles. The van der Waals surface area contributed by atoms with Crippen molar-refractivity contribution in [3.63, 3.8) is 0 Å². The van der Waals surface area contributed by atoms with E-state index < -0.39 is 10.0 Å². The van der Waals surface area contributed by atoms with Crippen molar-refractivity contribution in [1.82, 2.24) is 5.32 Å². The van der Waals surface area contributed by atoms with Gasteiger partial charge in [0, 0.05) is 12.7 Å². The van der Waals surface area contributed by atoms with Crippen LogP contribution >= 0.6 is 0 Å². The highest BCUT2D eigenvalue weighted by molar-refractivity contribution is 7.92. The van der Waals surface area contributed by atoms with Gasteiger partial charge in [-0.05, 0) is 37.9 Å². The number of piperidine rings is 1. The van der Waals surface area contributed by atoms with Crippen LogP contribution in [0.15, 0.2) is 24.3 Å².